The summed E-state index contributed by atoms with van der Waals surface area (Å²) in [5.41, 5.74) is 0. The molecule has 1 heterocycles. The van der Waals surface area contributed by atoms with Crippen LogP contribution >= 0.6 is 0 Å². The van der Waals surface area contributed by atoms with Crippen LogP contribution in [0.15, 0.2) is 0 Å². The molecule has 0 amide bonds. The van der Waals surface area contributed by atoms with Gasteiger partial charge in [-0.1, -0.05) is 13.8 Å². The Morgan fingerprint density at radius 3 is 1.42 bits per heavy atom. The minimum Gasteiger partial charge on any atom is -0.400 e. The SMILES string of the molecule is CCCOCCOB1OB(OCCO)OB(OCCOCCC)O1. The smallest absolute Gasteiger partial charge is 0.400 e. The quantitative estimate of drug-likeness (QED) is 0.322. The zero-order valence-corrected chi connectivity index (χ0v) is 14.5. The first-order valence-corrected chi connectivity index (χ1v) is 8.37. The van der Waals surface area contributed by atoms with Gasteiger partial charge in [-0.2, -0.15) is 0 Å². The highest BCUT2D eigenvalue weighted by atomic mass is 16.9. The molecule has 1 N–H and O–H groups in total. The molecule has 0 radical (unpaired) electrons. The van der Waals surface area contributed by atoms with Crippen LogP contribution in [0.25, 0.3) is 0 Å². The summed E-state index contributed by atoms with van der Waals surface area (Å²) in [5, 5.41) is 8.81. The molecular formula is C12H27B3O9. The molecule has 1 saturated heterocycles. The Bertz CT molecular complexity index is 268. The molecule has 1 aliphatic rings. The van der Waals surface area contributed by atoms with Crippen molar-refractivity contribution in [1.29, 1.82) is 0 Å². The Hall–Kier alpha value is -0.165. The van der Waals surface area contributed by atoms with E-state index in [0.717, 1.165) is 12.8 Å². The lowest BCUT2D eigenvalue weighted by Crippen LogP contribution is -2.53. The third kappa shape index (κ3) is 10.6. The molecule has 0 bridgehead atoms. The van der Waals surface area contributed by atoms with E-state index in [0.29, 0.717) is 39.6 Å². The second kappa shape index (κ2) is 15.1. The summed E-state index contributed by atoms with van der Waals surface area (Å²) in [6, 6.07) is 0. The summed E-state index contributed by atoms with van der Waals surface area (Å²) >= 11 is 0. The maximum Gasteiger partial charge on any atom is 0.615 e. The number of aliphatic hydroxyl groups excluding tert-OH is 1. The molecule has 0 aromatic heterocycles. The molecule has 9 nitrogen and oxygen atoms in total. The van der Waals surface area contributed by atoms with E-state index < -0.39 is 22.0 Å². The zero-order chi connectivity index (χ0) is 17.5. The van der Waals surface area contributed by atoms with E-state index >= 15 is 0 Å². The van der Waals surface area contributed by atoms with E-state index in [2.05, 4.69) is 0 Å². The molecule has 0 aliphatic carbocycles. The number of aliphatic hydroxyl groups is 1. The maximum atomic E-state index is 8.81. The van der Waals surface area contributed by atoms with Crippen LogP contribution in [-0.4, -0.2) is 79.9 Å². The largest absolute Gasteiger partial charge is 0.615 e. The molecule has 0 aromatic carbocycles. The van der Waals surface area contributed by atoms with Crippen LogP contribution in [0, 0.1) is 0 Å². The first kappa shape index (κ1) is 21.9. The van der Waals surface area contributed by atoms with E-state index in [1.807, 2.05) is 13.8 Å². The minimum atomic E-state index is -1.05. The molecule has 0 unspecified atom stereocenters. The first-order chi connectivity index (χ1) is 11.8. The molecular weight excluding hydrogens is 321 g/mol. The number of hydrogen-bond donors (Lipinski definition) is 1. The fourth-order valence-electron chi connectivity index (χ4n) is 1.65. The summed E-state index contributed by atoms with van der Waals surface area (Å²) in [7, 11) is -3.06. The molecule has 1 aliphatic heterocycles. The third-order valence-electron chi connectivity index (χ3n) is 2.67. The lowest BCUT2D eigenvalue weighted by molar-refractivity contribution is 0.0314. The van der Waals surface area contributed by atoms with Crippen LogP contribution in [0.2, 0.25) is 0 Å². The van der Waals surface area contributed by atoms with Crippen molar-refractivity contribution in [3.63, 3.8) is 0 Å². The Morgan fingerprint density at radius 1 is 0.625 bits per heavy atom. The standard InChI is InChI=1S/C12H27B3O9/c1-3-6-17-9-11-20-14-22-13(19-8-5-16)23-15(24-14)21-12-10-18-7-4-2/h16H,3-12H2,1-2H3. The molecule has 0 aromatic rings. The van der Waals surface area contributed by atoms with Gasteiger partial charge in [0.15, 0.2) is 0 Å². The molecule has 12 heteroatoms. The van der Waals surface area contributed by atoms with Crippen molar-refractivity contribution in [3.05, 3.63) is 0 Å². The van der Waals surface area contributed by atoms with Gasteiger partial charge in [0.05, 0.1) is 39.6 Å². The van der Waals surface area contributed by atoms with Gasteiger partial charge in [-0.3, -0.25) is 0 Å². The third-order valence-corrected chi connectivity index (χ3v) is 2.67. The Balaban J connectivity index is 2.28. The van der Waals surface area contributed by atoms with Crippen molar-refractivity contribution >= 4 is 22.0 Å². The van der Waals surface area contributed by atoms with Gasteiger partial charge in [0.25, 0.3) is 0 Å². The highest BCUT2D eigenvalue weighted by molar-refractivity contribution is 6.66. The van der Waals surface area contributed by atoms with Gasteiger partial charge in [0, 0.05) is 13.2 Å². The molecule has 0 spiro atoms. The van der Waals surface area contributed by atoms with E-state index in [4.69, 9.17) is 42.3 Å². The summed E-state index contributed by atoms with van der Waals surface area (Å²) in [4.78, 5) is 0. The summed E-state index contributed by atoms with van der Waals surface area (Å²) in [6.45, 7) is 6.75. The monoisotopic (exact) mass is 348 g/mol. The molecule has 138 valence electrons. The van der Waals surface area contributed by atoms with Crippen molar-refractivity contribution in [1.82, 2.24) is 0 Å². The van der Waals surface area contributed by atoms with Gasteiger partial charge >= 0.3 is 22.0 Å². The molecule has 1 fully saturated rings. The van der Waals surface area contributed by atoms with E-state index in [1.54, 1.807) is 0 Å². The fraction of sp³-hybridized carbons (Fsp3) is 1.00. The zero-order valence-electron chi connectivity index (χ0n) is 14.5. The number of rotatable bonds is 15. The van der Waals surface area contributed by atoms with Crippen LogP contribution in [0.5, 0.6) is 0 Å². The van der Waals surface area contributed by atoms with Crippen LogP contribution in [0.3, 0.4) is 0 Å². The average Bonchev–Trinajstić information content (AvgIpc) is 2.59. The average molecular weight is 348 g/mol. The molecule has 0 saturated carbocycles. The molecule has 24 heavy (non-hydrogen) atoms. The predicted molar refractivity (Wildman–Crippen MR) is 87.7 cm³/mol. The van der Waals surface area contributed by atoms with E-state index in [1.165, 1.54) is 0 Å². The maximum absolute atomic E-state index is 8.81. The van der Waals surface area contributed by atoms with Gasteiger partial charge in [-0.05, 0) is 12.8 Å². The van der Waals surface area contributed by atoms with Crippen LogP contribution in [0.1, 0.15) is 26.7 Å². The summed E-state index contributed by atoms with van der Waals surface area (Å²) < 4.78 is 42.6. The predicted octanol–water partition coefficient (Wildman–Crippen LogP) is -0.100. The van der Waals surface area contributed by atoms with Crippen molar-refractivity contribution < 1.29 is 42.3 Å². The van der Waals surface area contributed by atoms with Gasteiger partial charge in [0.1, 0.15) is 0 Å². The molecule has 1 rings (SSSR count). The van der Waals surface area contributed by atoms with Crippen LogP contribution in [0.4, 0.5) is 0 Å². The number of ether oxygens (including phenoxy) is 2. The molecule has 0 atom stereocenters. The van der Waals surface area contributed by atoms with Crippen molar-refractivity contribution in [2.45, 2.75) is 26.7 Å². The van der Waals surface area contributed by atoms with Gasteiger partial charge in [0.2, 0.25) is 0 Å². The van der Waals surface area contributed by atoms with Crippen molar-refractivity contribution in [2.24, 2.45) is 0 Å². The Kier molecular flexibility index (Phi) is 13.8. The van der Waals surface area contributed by atoms with E-state index in [-0.39, 0.29) is 13.2 Å². The minimum absolute atomic E-state index is 0.0589. The van der Waals surface area contributed by atoms with Crippen LogP contribution < -0.4 is 0 Å². The Morgan fingerprint density at radius 2 is 1.04 bits per heavy atom. The second-order valence-electron chi connectivity index (χ2n) is 4.83. The van der Waals surface area contributed by atoms with Crippen LogP contribution in [-0.2, 0) is 37.2 Å². The lowest BCUT2D eigenvalue weighted by atomic mass is 9.96. The summed E-state index contributed by atoms with van der Waals surface area (Å²) in [5.74, 6) is 0. The number of hydrogen-bond acceptors (Lipinski definition) is 9. The van der Waals surface area contributed by atoms with Gasteiger partial charge in [-0.25, -0.2) is 0 Å². The normalized spacial score (nSPS) is 15.4. The highest BCUT2D eigenvalue weighted by Crippen LogP contribution is 2.11. The van der Waals surface area contributed by atoms with Crippen molar-refractivity contribution in [3.8, 4) is 0 Å². The Labute approximate surface area is 144 Å². The van der Waals surface area contributed by atoms with Gasteiger partial charge < -0.3 is 42.3 Å². The van der Waals surface area contributed by atoms with Gasteiger partial charge in [-0.15, -0.1) is 0 Å². The van der Waals surface area contributed by atoms with E-state index in [9.17, 15) is 0 Å². The second-order valence-corrected chi connectivity index (χ2v) is 4.83. The summed E-state index contributed by atoms with van der Waals surface area (Å²) in [6.07, 6.45) is 1.88. The highest BCUT2D eigenvalue weighted by Gasteiger charge is 2.46. The lowest BCUT2D eigenvalue weighted by Gasteiger charge is -2.28. The van der Waals surface area contributed by atoms with Crippen molar-refractivity contribution in [2.75, 3.05) is 52.9 Å². The first-order valence-electron chi connectivity index (χ1n) is 8.37. The fourth-order valence-corrected chi connectivity index (χ4v) is 1.65. The topological polar surface area (TPSA) is 94.1 Å².